The zero-order valence-electron chi connectivity index (χ0n) is 30.2. The molecule has 1 aromatic heterocycles. The molecule has 12 nitrogen and oxygen atoms in total. The largest absolute Gasteiger partial charge is 0.498 e. The van der Waals surface area contributed by atoms with Gasteiger partial charge in [-0.1, -0.05) is 50.8 Å². The number of carboxylic acid groups (broad SMARTS) is 1. The van der Waals surface area contributed by atoms with Gasteiger partial charge in [-0.25, -0.2) is 9.78 Å². The Hall–Kier alpha value is -5.39. The van der Waals surface area contributed by atoms with Gasteiger partial charge in [0.2, 0.25) is 17.7 Å². The van der Waals surface area contributed by atoms with Gasteiger partial charge in [0.15, 0.2) is 0 Å². The lowest BCUT2D eigenvalue weighted by atomic mass is 10.0. The van der Waals surface area contributed by atoms with Crippen LogP contribution in [0.2, 0.25) is 0 Å². The molecule has 3 heterocycles. The van der Waals surface area contributed by atoms with Crippen LogP contribution in [0.1, 0.15) is 59.3 Å². The number of nitrogens with zero attached hydrogens (tertiary/aromatic N) is 2. The molecule has 0 bridgehead atoms. The second kappa shape index (κ2) is 17.2. The Balaban J connectivity index is 1.51. The standard InChI is InChI=1S/C40H48N4O8/c1-24(2)13-16-37(45)42-34-19-25(3)18-26(4)51-17-9-12-31(40(48)49)43-38(46)35-21-29(23-44(35)39(34)47)52-36-22-32(27-10-7-6-8-11-27)41-33-20-28(50-5)14-15-30(33)36/h6-8,10-11,14-15,18,20,22,24,29,31,34-35H,3,9,12-13,16-17,19,21,23H2,1-2,4-5H3,(H,42,45)(H,43,46)(H,48,49). The first kappa shape index (κ1) is 37.9. The second-order valence-corrected chi connectivity index (χ2v) is 13.8. The van der Waals surface area contributed by atoms with Crippen LogP contribution in [-0.2, 0) is 23.9 Å². The van der Waals surface area contributed by atoms with Crippen LogP contribution in [0.5, 0.6) is 11.5 Å². The molecular formula is C40H48N4O8. The maximum atomic E-state index is 14.5. The highest BCUT2D eigenvalue weighted by molar-refractivity contribution is 5.94. The number of aromatic nitrogens is 1. The molecule has 276 valence electrons. The van der Waals surface area contributed by atoms with Gasteiger partial charge in [-0.2, -0.15) is 0 Å². The number of hydrogen-bond donors (Lipinski definition) is 3. The number of methoxy groups -OCH3 is 1. The van der Waals surface area contributed by atoms with Gasteiger partial charge in [-0.3, -0.25) is 14.4 Å². The average molecular weight is 713 g/mol. The summed E-state index contributed by atoms with van der Waals surface area (Å²) in [5.74, 6) is -0.640. The summed E-state index contributed by atoms with van der Waals surface area (Å²) in [6.07, 6.45) is 2.57. The van der Waals surface area contributed by atoms with Crippen molar-refractivity contribution in [3.05, 3.63) is 78.6 Å². The van der Waals surface area contributed by atoms with Crippen LogP contribution in [0.15, 0.2) is 78.6 Å². The van der Waals surface area contributed by atoms with Crippen LogP contribution < -0.4 is 20.1 Å². The van der Waals surface area contributed by atoms with E-state index < -0.39 is 42.0 Å². The summed E-state index contributed by atoms with van der Waals surface area (Å²) in [6, 6.07) is 13.6. The van der Waals surface area contributed by atoms with Gasteiger partial charge in [-0.05, 0) is 55.9 Å². The number of aliphatic carboxylic acids is 1. The third kappa shape index (κ3) is 9.68. The van der Waals surface area contributed by atoms with Crippen LogP contribution in [-0.4, -0.2) is 83.2 Å². The van der Waals surface area contributed by atoms with Crippen molar-refractivity contribution >= 4 is 34.6 Å². The molecule has 5 rings (SSSR count). The van der Waals surface area contributed by atoms with Gasteiger partial charge < -0.3 is 34.9 Å². The summed E-state index contributed by atoms with van der Waals surface area (Å²) in [5, 5.41) is 16.2. The number of carboxylic acids is 1. The third-order valence-corrected chi connectivity index (χ3v) is 9.23. The number of benzene rings is 2. The lowest BCUT2D eigenvalue weighted by molar-refractivity contribution is -0.145. The fraction of sp³-hybridized carbons (Fsp3) is 0.425. The van der Waals surface area contributed by atoms with Crippen molar-refractivity contribution in [2.75, 3.05) is 20.3 Å². The van der Waals surface area contributed by atoms with Crippen molar-refractivity contribution in [1.29, 1.82) is 0 Å². The molecular weight excluding hydrogens is 664 g/mol. The first-order valence-corrected chi connectivity index (χ1v) is 17.7. The first-order valence-electron chi connectivity index (χ1n) is 17.7. The van der Waals surface area contributed by atoms with Gasteiger partial charge in [0.05, 0.1) is 37.2 Å². The molecule has 4 unspecified atom stereocenters. The SMILES string of the molecule is C=C1C=C(C)OCCCC(C(=O)O)NC(=O)C2CC(Oc3cc(-c4ccccc4)nc4cc(OC)ccc34)CN2C(=O)C(NC(=O)CCC(C)C)C1. The Labute approximate surface area is 304 Å². The number of pyridine rings is 1. The number of fused-ring (bicyclic) bond motifs is 2. The summed E-state index contributed by atoms with van der Waals surface area (Å²) in [6.45, 7) is 10.1. The zero-order chi connectivity index (χ0) is 37.4. The van der Waals surface area contributed by atoms with Gasteiger partial charge >= 0.3 is 5.97 Å². The monoisotopic (exact) mass is 712 g/mol. The summed E-state index contributed by atoms with van der Waals surface area (Å²) in [5.41, 5.74) is 2.73. The predicted molar refractivity (Wildman–Crippen MR) is 197 cm³/mol. The van der Waals surface area contributed by atoms with Crippen molar-refractivity contribution in [2.45, 2.75) is 83.5 Å². The molecule has 0 radical (unpaired) electrons. The lowest BCUT2D eigenvalue weighted by Crippen LogP contribution is -2.55. The molecule has 2 aliphatic rings. The van der Waals surface area contributed by atoms with Gasteiger partial charge in [0.1, 0.15) is 35.7 Å². The van der Waals surface area contributed by atoms with E-state index >= 15 is 0 Å². The fourth-order valence-corrected chi connectivity index (χ4v) is 6.49. The van der Waals surface area contributed by atoms with E-state index in [9.17, 15) is 24.3 Å². The molecule has 0 spiro atoms. The van der Waals surface area contributed by atoms with E-state index in [1.807, 2.05) is 62.4 Å². The number of nitrogens with one attached hydrogen (secondary N) is 2. The van der Waals surface area contributed by atoms with E-state index in [2.05, 4.69) is 17.2 Å². The molecule has 4 atom stereocenters. The second-order valence-electron chi connectivity index (χ2n) is 13.8. The van der Waals surface area contributed by atoms with E-state index in [-0.39, 0.29) is 50.7 Å². The number of amides is 3. The Morgan fingerprint density at radius 2 is 1.92 bits per heavy atom. The van der Waals surface area contributed by atoms with E-state index in [1.165, 1.54) is 4.90 Å². The molecule has 3 amide bonds. The van der Waals surface area contributed by atoms with E-state index in [1.54, 1.807) is 26.2 Å². The van der Waals surface area contributed by atoms with Crippen LogP contribution in [0.25, 0.3) is 22.2 Å². The average Bonchev–Trinajstić information content (AvgIpc) is 3.54. The van der Waals surface area contributed by atoms with E-state index in [4.69, 9.17) is 19.2 Å². The third-order valence-electron chi connectivity index (χ3n) is 9.23. The zero-order valence-corrected chi connectivity index (χ0v) is 30.2. The summed E-state index contributed by atoms with van der Waals surface area (Å²) >= 11 is 0. The minimum Gasteiger partial charge on any atom is -0.498 e. The Kier molecular flexibility index (Phi) is 12.5. The topological polar surface area (TPSA) is 156 Å². The molecule has 3 aromatic rings. The fourth-order valence-electron chi connectivity index (χ4n) is 6.49. The molecule has 0 saturated carbocycles. The maximum absolute atomic E-state index is 14.5. The Bertz CT molecular complexity index is 1820. The normalized spacial score (nSPS) is 21.7. The smallest absolute Gasteiger partial charge is 0.326 e. The quantitative estimate of drug-likeness (QED) is 0.264. The molecule has 52 heavy (non-hydrogen) atoms. The van der Waals surface area contributed by atoms with Crippen molar-refractivity contribution in [3.8, 4) is 22.8 Å². The number of ether oxygens (including phenoxy) is 3. The van der Waals surface area contributed by atoms with Crippen LogP contribution >= 0.6 is 0 Å². The molecule has 2 aromatic carbocycles. The Morgan fingerprint density at radius 1 is 1.15 bits per heavy atom. The highest BCUT2D eigenvalue weighted by Gasteiger charge is 2.44. The Morgan fingerprint density at radius 3 is 2.63 bits per heavy atom. The minimum absolute atomic E-state index is 0.0120. The number of rotatable bonds is 9. The predicted octanol–water partition coefficient (Wildman–Crippen LogP) is 5.41. The number of allylic oxidation sites excluding steroid dienone is 2. The minimum atomic E-state index is -1.20. The van der Waals surface area contributed by atoms with E-state index in [0.717, 1.165) is 5.56 Å². The summed E-state index contributed by atoms with van der Waals surface area (Å²) in [4.78, 5) is 60.0. The summed E-state index contributed by atoms with van der Waals surface area (Å²) < 4.78 is 17.9. The molecule has 1 fully saturated rings. The van der Waals surface area contributed by atoms with Crippen molar-refractivity contribution in [2.24, 2.45) is 5.92 Å². The number of carbonyl (C=O) groups excluding carboxylic acids is 3. The first-order chi connectivity index (χ1) is 24.9. The van der Waals surface area contributed by atoms with Gasteiger partial charge in [-0.15, -0.1) is 0 Å². The van der Waals surface area contributed by atoms with Gasteiger partial charge in [0.25, 0.3) is 0 Å². The lowest BCUT2D eigenvalue weighted by Gasteiger charge is -2.29. The van der Waals surface area contributed by atoms with Crippen LogP contribution in [0.4, 0.5) is 0 Å². The van der Waals surface area contributed by atoms with Crippen LogP contribution in [0, 0.1) is 5.92 Å². The highest BCUT2D eigenvalue weighted by Crippen LogP contribution is 2.35. The maximum Gasteiger partial charge on any atom is 0.326 e. The summed E-state index contributed by atoms with van der Waals surface area (Å²) in [7, 11) is 1.58. The van der Waals surface area contributed by atoms with Gasteiger partial charge in [0, 0.05) is 42.3 Å². The van der Waals surface area contributed by atoms with Crippen molar-refractivity contribution < 1.29 is 38.5 Å². The number of hydrogen-bond acceptors (Lipinski definition) is 8. The van der Waals surface area contributed by atoms with Crippen LogP contribution in [0.3, 0.4) is 0 Å². The highest BCUT2D eigenvalue weighted by atomic mass is 16.5. The molecule has 2 aliphatic heterocycles. The molecule has 1 saturated heterocycles. The van der Waals surface area contributed by atoms with Crippen molar-refractivity contribution in [3.63, 3.8) is 0 Å². The molecule has 12 heteroatoms. The molecule has 3 N–H and O–H groups in total. The van der Waals surface area contributed by atoms with Crippen molar-refractivity contribution in [1.82, 2.24) is 20.5 Å². The molecule has 0 aliphatic carbocycles. The van der Waals surface area contributed by atoms with E-state index in [0.29, 0.717) is 52.3 Å². The number of carbonyl (C=O) groups is 4.